The third kappa shape index (κ3) is 3.14. The van der Waals surface area contributed by atoms with Crippen LogP contribution in [-0.4, -0.2) is 22.1 Å². The fraction of sp³-hybridized carbons (Fsp3) is 0.400. The second-order valence-corrected chi connectivity index (χ2v) is 3.42. The molecule has 0 aliphatic heterocycles. The predicted octanol–water partition coefficient (Wildman–Crippen LogP) is 1.28. The Morgan fingerprint density at radius 3 is 2.86 bits per heavy atom. The lowest BCUT2D eigenvalue weighted by Crippen LogP contribution is -2.22. The summed E-state index contributed by atoms with van der Waals surface area (Å²) in [6.45, 7) is 4.72. The van der Waals surface area contributed by atoms with E-state index in [1.165, 1.54) is 6.20 Å². The quantitative estimate of drug-likeness (QED) is 0.757. The van der Waals surface area contributed by atoms with E-state index in [4.69, 9.17) is 5.11 Å². The number of hydrogen-bond acceptors (Lipinski definition) is 3. The van der Waals surface area contributed by atoms with Crippen molar-refractivity contribution in [2.45, 2.75) is 26.4 Å². The molecule has 0 saturated heterocycles. The lowest BCUT2D eigenvalue weighted by atomic mass is 10.2. The molecule has 1 rings (SSSR count). The second-order valence-electron chi connectivity index (χ2n) is 3.42. The largest absolute Gasteiger partial charge is 0.478 e. The van der Waals surface area contributed by atoms with Crippen LogP contribution in [0.25, 0.3) is 0 Å². The van der Waals surface area contributed by atoms with Crippen LogP contribution in [0.5, 0.6) is 0 Å². The smallest absolute Gasteiger partial charge is 0.337 e. The molecule has 14 heavy (non-hydrogen) atoms. The molecule has 0 spiro atoms. The molecule has 1 aromatic heterocycles. The van der Waals surface area contributed by atoms with E-state index in [9.17, 15) is 4.79 Å². The van der Waals surface area contributed by atoms with Gasteiger partial charge in [-0.2, -0.15) is 0 Å². The van der Waals surface area contributed by atoms with E-state index in [1.807, 2.05) is 13.8 Å². The molecule has 0 aliphatic carbocycles. The summed E-state index contributed by atoms with van der Waals surface area (Å²) in [7, 11) is 0. The number of hydrogen-bond donors (Lipinski definition) is 2. The van der Waals surface area contributed by atoms with Crippen molar-refractivity contribution in [3.63, 3.8) is 0 Å². The molecule has 0 fully saturated rings. The van der Waals surface area contributed by atoms with Crippen molar-refractivity contribution >= 4 is 5.97 Å². The van der Waals surface area contributed by atoms with Crippen LogP contribution in [0, 0.1) is 0 Å². The Hall–Kier alpha value is -1.42. The number of rotatable bonds is 4. The van der Waals surface area contributed by atoms with E-state index in [0.717, 1.165) is 5.56 Å². The van der Waals surface area contributed by atoms with Gasteiger partial charge in [0.2, 0.25) is 0 Å². The van der Waals surface area contributed by atoms with Gasteiger partial charge in [0.1, 0.15) is 0 Å². The third-order valence-electron chi connectivity index (χ3n) is 1.76. The maximum atomic E-state index is 10.6. The Bertz CT molecular complexity index is 324. The van der Waals surface area contributed by atoms with E-state index < -0.39 is 5.97 Å². The van der Waals surface area contributed by atoms with Crippen molar-refractivity contribution in [3.8, 4) is 0 Å². The maximum absolute atomic E-state index is 10.6. The fourth-order valence-corrected chi connectivity index (χ4v) is 1.02. The van der Waals surface area contributed by atoms with E-state index in [2.05, 4.69) is 10.3 Å². The zero-order chi connectivity index (χ0) is 10.6. The number of carboxylic acids is 1. The minimum Gasteiger partial charge on any atom is -0.478 e. The van der Waals surface area contributed by atoms with Crippen molar-refractivity contribution in [1.82, 2.24) is 10.3 Å². The molecule has 0 unspecified atom stereocenters. The molecule has 4 heteroatoms. The lowest BCUT2D eigenvalue weighted by molar-refractivity contribution is 0.0696. The van der Waals surface area contributed by atoms with Crippen LogP contribution in [-0.2, 0) is 6.54 Å². The third-order valence-corrected chi connectivity index (χ3v) is 1.76. The maximum Gasteiger partial charge on any atom is 0.337 e. The molecule has 1 aromatic rings. The Morgan fingerprint density at radius 1 is 1.57 bits per heavy atom. The summed E-state index contributed by atoms with van der Waals surface area (Å²) in [5, 5.41) is 11.9. The summed E-state index contributed by atoms with van der Waals surface area (Å²) in [6.07, 6.45) is 3.02. The monoisotopic (exact) mass is 194 g/mol. The van der Waals surface area contributed by atoms with Crippen LogP contribution in [0.4, 0.5) is 0 Å². The van der Waals surface area contributed by atoms with Gasteiger partial charge < -0.3 is 10.4 Å². The Balaban J connectivity index is 2.69. The highest BCUT2D eigenvalue weighted by molar-refractivity contribution is 5.87. The van der Waals surface area contributed by atoms with Gasteiger partial charge in [-0.3, -0.25) is 4.98 Å². The van der Waals surface area contributed by atoms with Gasteiger partial charge in [0.15, 0.2) is 0 Å². The predicted molar refractivity (Wildman–Crippen MR) is 53.2 cm³/mol. The molecule has 4 nitrogen and oxygen atoms in total. The number of aromatic carboxylic acids is 1. The molecule has 76 valence electrons. The van der Waals surface area contributed by atoms with Crippen LogP contribution < -0.4 is 5.32 Å². The summed E-state index contributed by atoms with van der Waals surface area (Å²) >= 11 is 0. The second kappa shape index (κ2) is 4.72. The lowest BCUT2D eigenvalue weighted by Gasteiger charge is -2.07. The molecular weight excluding hydrogens is 180 g/mol. The zero-order valence-electron chi connectivity index (χ0n) is 8.32. The average molecular weight is 194 g/mol. The van der Waals surface area contributed by atoms with E-state index in [-0.39, 0.29) is 5.56 Å². The number of nitrogens with one attached hydrogen (secondary N) is 1. The summed E-state index contributed by atoms with van der Waals surface area (Å²) in [5.41, 5.74) is 1.12. The van der Waals surface area contributed by atoms with Crippen LogP contribution in [0.3, 0.4) is 0 Å². The number of carboxylic acid groups (broad SMARTS) is 1. The van der Waals surface area contributed by atoms with Crippen molar-refractivity contribution in [3.05, 3.63) is 29.6 Å². The minimum atomic E-state index is -0.941. The molecule has 0 atom stereocenters. The minimum absolute atomic E-state index is 0.230. The topological polar surface area (TPSA) is 62.2 Å². The van der Waals surface area contributed by atoms with Gasteiger partial charge >= 0.3 is 5.97 Å². The van der Waals surface area contributed by atoms with Gasteiger partial charge in [-0.05, 0) is 11.6 Å². The van der Waals surface area contributed by atoms with Crippen molar-refractivity contribution in [2.75, 3.05) is 0 Å². The molecule has 2 N–H and O–H groups in total. The number of nitrogens with zero attached hydrogens (tertiary/aromatic N) is 1. The van der Waals surface area contributed by atoms with Gasteiger partial charge in [0, 0.05) is 25.0 Å². The standard InChI is InChI=1S/C10H14N2O2/c1-7(2)12-5-8-3-9(10(13)14)6-11-4-8/h3-4,6-7,12H,5H2,1-2H3,(H,13,14). The molecule has 0 aliphatic rings. The van der Waals surface area contributed by atoms with Crippen molar-refractivity contribution in [1.29, 1.82) is 0 Å². The zero-order valence-corrected chi connectivity index (χ0v) is 8.32. The molecule has 1 heterocycles. The van der Waals surface area contributed by atoms with Crippen LogP contribution in [0.15, 0.2) is 18.5 Å². The summed E-state index contributed by atoms with van der Waals surface area (Å²) < 4.78 is 0. The SMILES string of the molecule is CC(C)NCc1cncc(C(=O)O)c1. The first-order valence-corrected chi connectivity index (χ1v) is 4.50. The highest BCUT2D eigenvalue weighted by Crippen LogP contribution is 2.02. The summed E-state index contributed by atoms with van der Waals surface area (Å²) in [5.74, 6) is -0.941. The average Bonchev–Trinajstić information content (AvgIpc) is 2.15. The molecule has 0 radical (unpaired) electrons. The van der Waals surface area contributed by atoms with Gasteiger partial charge in [0.05, 0.1) is 5.56 Å². The summed E-state index contributed by atoms with van der Waals surface area (Å²) in [4.78, 5) is 14.5. The number of carbonyl (C=O) groups is 1. The van der Waals surface area contributed by atoms with Crippen LogP contribution >= 0.6 is 0 Å². The van der Waals surface area contributed by atoms with E-state index in [1.54, 1.807) is 12.3 Å². The van der Waals surface area contributed by atoms with Crippen LogP contribution in [0.2, 0.25) is 0 Å². The Morgan fingerprint density at radius 2 is 2.29 bits per heavy atom. The van der Waals surface area contributed by atoms with Gasteiger partial charge in [-0.1, -0.05) is 13.8 Å². The Kier molecular flexibility index (Phi) is 3.59. The molecule has 0 aromatic carbocycles. The summed E-state index contributed by atoms with van der Waals surface area (Å²) in [6, 6.07) is 2.01. The molecule has 0 saturated carbocycles. The Labute approximate surface area is 83.0 Å². The molecular formula is C10H14N2O2. The first-order chi connectivity index (χ1) is 6.59. The first-order valence-electron chi connectivity index (χ1n) is 4.50. The van der Waals surface area contributed by atoms with Crippen molar-refractivity contribution in [2.24, 2.45) is 0 Å². The van der Waals surface area contributed by atoms with E-state index in [0.29, 0.717) is 12.6 Å². The van der Waals surface area contributed by atoms with Gasteiger partial charge in [-0.25, -0.2) is 4.79 Å². The first kappa shape index (κ1) is 10.7. The van der Waals surface area contributed by atoms with E-state index >= 15 is 0 Å². The van der Waals surface area contributed by atoms with Gasteiger partial charge in [-0.15, -0.1) is 0 Å². The number of pyridine rings is 1. The fourth-order valence-electron chi connectivity index (χ4n) is 1.02. The molecule has 0 amide bonds. The molecule has 0 bridgehead atoms. The number of aromatic nitrogens is 1. The van der Waals surface area contributed by atoms with Crippen molar-refractivity contribution < 1.29 is 9.90 Å². The van der Waals surface area contributed by atoms with Crippen LogP contribution in [0.1, 0.15) is 29.8 Å². The normalized spacial score (nSPS) is 10.5. The highest BCUT2D eigenvalue weighted by Gasteiger charge is 2.03. The highest BCUT2D eigenvalue weighted by atomic mass is 16.4. The van der Waals surface area contributed by atoms with Gasteiger partial charge in [0.25, 0.3) is 0 Å².